The Bertz CT molecular complexity index is 896. The summed E-state index contributed by atoms with van der Waals surface area (Å²) in [7, 11) is 3.06. The van der Waals surface area contributed by atoms with Gasteiger partial charge in [-0.3, -0.25) is 4.79 Å². The Kier molecular flexibility index (Phi) is 8.66. The number of ether oxygens (including phenoxy) is 2. The highest BCUT2D eigenvalue weighted by atomic mass is 79.9. The van der Waals surface area contributed by atoms with Crippen molar-refractivity contribution in [2.45, 2.75) is 9.96 Å². The molecule has 3 N–H and O–H groups in total. The highest BCUT2D eigenvalue weighted by Crippen LogP contribution is 2.31. The molecule has 0 bridgehead atoms. The molecule has 0 aromatic heterocycles. The van der Waals surface area contributed by atoms with Crippen molar-refractivity contribution in [1.29, 1.82) is 0 Å². The molecule has 0 saturated carbocycles. The molecule has 0 radical (unpaired) electrons. The number of nitrogens with one attached hydrogen (secondary N) is 3. The van der Waals surface area contributed by atoms with Crippen molar-refractivity contribution in [3.63, 3.8) is 0 Å². The summed E-state index contributed by atoms with van der Waals surface area (Å²) >= 11 is 26.7. The third kappa shape index (κ3) is 6.79. The van der Waals surface area contributed by atoms with E-state index in [0.29, 0.717) is 27.2 Å². The van der Waals surface area contributed by atoms with Gasteiger partial charge >= 0.3 is 0 Å². The summed E-state index contributed by atoms with van der Waals surface area (Å²) < 4.78 is 9.21. The van der Waals surface area contributed by atoms with E-state index in [4.69, 9.17) is 56.5 Å². The van der Waals surface area contributed by atoms with Gasteiger partial charge in [-0.05, 0) is 52.4 Å². The number of benzene rings is 2. The Morgan fingerprint density at radius 1 is 1.10 bits per heavy atom. The van der Waals surface area contributed by atoms with Crippen molar-refractivity contribution in [3.05, 3.63) is 52.5 Å². The Morgan fingerprint density at radius 3 is 2.38 bits per heavy atom. The van der Waals surface area contributed by atoms with Gasteiger partial charge in [0.15, 0.2) is 5.11 Å². The van der Waals surface area contributed by atoms with Crippen LogP contribution in [0.15, 0.2) is 46.9 Å². The average Bonchev–Trinajstić information content (AvgIpc) is 2.66. The van der Waals surface area contributed by atoms with Crippen molar-refractivity contribution in [1.82, 2.24) is 10.6 Å². The number of methoxy groups -OCH3 is 2. The maximum Gasteiger partial charge on any atom is 0.254 e. The van der Waals surface area contributed by atoms with Crippen LogP contribution in [0.1, 0.15) is 10.4 Å². The van der Waals surface area contributed by atoms with Crippen molar-refractivity contribution >= 4 is 79.7 Å². The summed E-state index contributed by atoms with van der Waals surface area (Å²) in [6.45, 7) is 0. The van der Waals surface area contributed by atoms with Crippen LogP contribution in [0.25, 0.3) is 0 Å². The summed E-state index contributed by atoms with van der Waals surface area (Å²) in [5.74, 6) is 0.664. The van der Waals surface area contributed by atoms with Gasteiger partial charge in [0.05, 0.1) is 25.5 Å². The molecular weight excluding hydrogens is 525 g/mol. The normalized spacial score (nSPS) is 11.9. The highest BCUT2D eigenvalue weighted by Gasteiger charge is 2.35. The number of anilines is 1. The number of hydrogen-bond acceptors (Lipinski definition) is 4. The fourth-order valence-corrected chi connectivity index (χ4v) is 3.28. The van der Waals surface area contributed by atoms with Gasteiger partial charge in [-0.2, -0.15) is 0 Å². The molecule has 0 fully saturated rings. The van der Waals surface area contributed by atoms with Gasteiger partial charge in [0.2, 0.25) is 3.79 Å². The lowest BCUT2D eigenvalue weighted by Crippen LogP contribution is -2.56. The molecule has 1 amide bonds. The van der Waals surface area contributed by atoms with Gasteiger partial charge in [-0.1, -0.05) is 46.9 Å². The number of amides is 1. The molecule has 156 valence electrons. The van der Waals surface area contributed by atoms with Crippen LogP contribution < -0.4 is 25.4 Å². The quantitative estimate of drug-likeness (QED) is 0.275. The molecule has 11 heteroatoms. The van der Waals surface area contributed by atoms with Gasteiger partial charge in [-0.15, -0.1) is 0 Å². The van der Waals surface area contributed by atoms with E-state index in [0.717, 1.165) is 0 Å². The maximum absolute atomic E-state index is 12.6. The molecule has 0 aliphatic rings. The second kappa shape index (κ2) is 10.5. The monoisotopic (exact) mass is 539 g/mol. The fourth-order valence-electron chi connectivity index (χ4n) is 2.26. The van der Waals surface area contributed by atoms with Gasteiger partial charge in [-0.25, -0.2) is 0 Å². The Balaban J connectivity index is 2.16. The van der Waals surface area contributed by atoms with E-state index in [1.54, 1.807) is 42.5 Å². The third-order valence-corrected chi connectivity index (χ3v) is 5.22. The third-order valence-electron chi connectivity index (χ3n) is 3.65. The molecule has 2 aromatic rings. The van der Waals surface area contributed by atoms with Gasteiger partial charge in [0.1, 0.15) is 17.7 Å². The summed E-state index contributed by atoms with van der Waals surface area (Å²) in [6, 6.07) is 12.0. The molecule has 0 spiro atoms. The number of hydrogen-bond donors (Lipinski definition) is 3. The number of halogens is 4. The van der Waals surface area contributed by atoms with Gasteiger partial charge in [0.25, 0.3) is 5.91 Å². The molecule has 2 rings (SSSR count). The van der Waals surface area contributed by atoms with Crippen molar-refractivity contribution in [3.8, 4) is 11.5 Å². The number of thiocarbonyl (C=S) groups is 1. The zero-order valence-corrected chi connectivity index (χ0v) is 19.9. The lowest BCUT2D eigenvalue weighted by atomic mass is 10.2. The molecule has 0 unspecified atom stereocenters. The van der Waals surface area contributed by atoms with Crippen molar-refractivity contribution < 1.29 is 14.3 Å². The molecular formula is C18H17BrCl3N3O3S. The minimum absolute atomic E-state index is 0.0975. The molecule has 0 aliphatic carbocycles. The number of alkyl halides is 3. The van der Waals surface area contributed by atoms with Crippen LogP contribution in [0.3, 0.4) is 0 Å². The van der Waals surface area contributed by atoms with Gasteiger partial charge in [0, 0.05) is 10.5 Å². The first kappa shape index (κ1) is 23.8. The molecule has 29 heavy (non-hydrogen) atoms. The average molecular weight is 542 g/mol. The van der Waals surface area contributed by atoms with E-state index < -0.39 is 15.9 Å². The largest absolute Gasteiger partial charge is 0.497 e. The Labute approximate surface area is 197 Å². The van der Waals surface area contributed by atoms with Gasteiger partial charge < -0.3 is 25.4 Å². The Morgan fingerprint density at radius 2 is 1.79 bits per heavy atom. The number of carbonyl (C=O) groups is 1. The molecule has 1 atom stereocenters. The minimum atomic E-state index is -1.89. The molecule has 0 saturated heterocycles. The van der Waals surface area contributed by atoms with Crippen LogP contribution in [0.4, 0.5) is 5.69 Å². The summed E-state index contributed by atoms with van der Waals surface area (Å²) in [4.78, 5) is 12.6. The topological polar surface area (TPSA) is 71.6 Å². The van der Waals surface area contributed by atoms with Crippen LogP contribution in [-0.2, 0) is 0 Å². The summed E-state index contributed by atoms with van der Waals surface area (Å²) in [5.41, 5.74) is 0.909. The number of rotatable bonds is 6. The van der Waals surface area contributed by atoms with E-state index in [-0.39, 0.29) is 5.11 Å². The summed E-state index contributed by atoms with van der Waals surface area (Å²) in [6.07, 6.45) is -1.12. The van der Waals surface area contributed by atoms with E-state index in [1.807, 2.05) is 0 Å². The van der Waals surface area contributed by atoms with Crippen molar-refractivity contribution in [2.75, 3.05) is 19.5 Å². The zero-order valence-electron chi connectivity index (χ0n) is 15.3. The van der Waals surface area contributed by atoms with Crippen LogP contribution in [0.5, 0.6) is 11.5 Å². The van der Waals surface area contributed by atoms with E-state index in [2.05, 4.69) is 31.9 Å². The predicted molar refractivity (Wildman–Crippen MR) is 125 cm³/mol. The van der Waals surface area contributed by atoms with E-state index in [9.17, 15) is 4.79 Å². The molecule has 0 heterocycles. The molecule has 2 aromatic carbocycles. The standard InChI is InChI=1S/C18H17BrCl3N3O3S/c1-27-10-7-8-14(28-2)13(9-10)23-17(29)25-16(18(20,21)22)24-15(26)11-5-3-4-6-12(11)19/h3-9,16H,1-2H3,(H,24,26)(H2,23,25,29)/t16-/m0/s1. The molecule has 6 nitrogen and oxygen atoms in total. The van der Waals surface area contributed by atoms with Crippen LogP contribution in [0, 0.1) is 0 Å². The Hall–Kier alpha value is -1.45. The lowest BCUT2D eigenvalue weighted by Gasteiger charge is -2.28. The fraction of sp³-hybridized carbons (Fsp3) is 0.222. The summed E-state index contributed by atoms with van der Waals surface area (Å²) in [5, 5.41) is 8.46. The zero-order chi connectivity index (χ0) is 21.6. The molecule has 0 aliphatic heterocycles. The first-order chi connectivity index (χ1) is 13.7. The first-order valence-corrected chi connectivity index (χ1v) is 10.4. The first-order valence-electron chi connectivity index (χ1n) is 8.07. The van der Waals surface area contributed by atoms with Crippen LogP contribution in [0.2, 0.25) is 0 Å². The van der Waals surface area contributed by atoms with E-state index >= 15 is 0 Å². The minimum Gasteiger partial charge on any atom is -0.497 e. The van der Waals surface area contributed by atoms with Crippen LogP contribution >= 0.6 is 63.0 Å². The SMILES string of the molecule is COc1ccc(OC)c(NC(=S)N[C@H](NC(=O)c2ccccc2Br)C(Cl)(Cl)Cl)c1. The predicted octanol–water partition coefficient (Wildman–Crippen LogP) is 4.88. The second-order valence-corrected chi connectivity index (χ2v) is 9.22. The van der Waals surface area contributed by atoms with Crippen molar-refractivity contribution in [2.24, 2.45) is 0 Å². The number of carbonyl (C=O) groups excluding carboxylic acids is 1. The van der Waals surface area contributed by atoms with Crippen LogP contribution in [-0.4, -0.2) is 35.2 Å². The lowest BCUT2D eigenvalue weighted by molar-refractivity contribution is 0.0933. The smallest absolute Gasteiger partial charge is 0.254 e. The van der Waals surface area contributed by atoms with E-state index in [1.165, 1.54) is 14.2 Å². The second-order valence-electron chi connectivity index (χ2n) is 5.59. The highest BCUT2D eigenvalue weighted by molar-refractivity contribution is 9.10. The maximum atomic E-state index is 12.6.